The molecule has 0 amide bonds. The lowest BCUT2D eigenvalue weighted by atomic mass is 10.1. The second-order valence-electron chi connectivity index (χ2n) is 3.81. The Morgan fingerprint density at radius 3 is 2.94 bits per heavy atom. The van der Waals surface area contributed by atoms with E-state index in [0.29, 0.717) is 6.61 Å². The van der Waals surface area contributed by atoms with Crippen LogP contribution in [0.4, 0.5) is 0 Å². The van der Waals surface area contributed by atoms with Gasteiger partial charge in [0, 0.05) is 19.9 Å². The molecule has 96 valence electrons. The van der Waals surface area contributed by atoms with Crippen LogP contribution in [0.5, 0.6) is 5.75 Å². The van der Waals surface area contributed by atoms with Gasteiger partial charge >= 0.3 is 0 Å². The molecular weight excluding hydrogens is 216 g/mol. The van der Waals surface area contributed by atoms with Crippen molar-refractivity contribution in [3.05, 3.63) is 24.0 Å². The zero-order chi connectivity index (χ0) is 12.3. The molecule has 0 aliphatic rings. The Balaban J connectivity index is 2.19. The summed E-state index contributed by atoms with van der Waals surface area (Å²) in [6, 6.07) is 2.06. The lowest BCUT2D eigenvalue weighted by Crippen LogP contribution is -2.20. The van der Waals surface area contributed by atoms with Crippen LogP contribution in [-0.4, -0.2) is 38.4 Å². The maximum absolute atomic E-state index is 5.41. The lowest BCUT2D eigenvalue weighted by molar-refractivity contribution is 0.199. The minimum Gasteiger partial charge on any atom is -0.492 e. The number of hydrogen-bond acceptors (Lipinski definition) is 4. The van der Waals surface area contributed by atoms with Crippen LogP contribution in [0.3, 0.4) is 0 Å². The number of nitrogens with one attached hydrogen (secondary N) is 1. The average molecular weight is 238 g/mol. The monoisotopic (exact) mass is 238 g/mol. The molecule has 4 heteroatoms. The number of pyridine rings is 1. The normalized spacial score (nSPS) is 10.5. The predicted molar refractivity (Wildman–Crippen MR) is 68.5 cm³/mol. The number of hydrogen-bond donors (Lipinski definition) is 1. The fraction of sp³-hybridized carbons (Fsp3) is 0.615. The second-order valence-corrected chi connectivity index (χ2v) is 3.81. The van der Waals surface area contributed by atoms with E-state index in [2.05, 4.69) is 16.4 Å². The molecule has 0 aliphatic carbocycles. The number of ether oxygens (including phenoxy) is 2. The molecule has 1 N–H and O–H groups in total. The highest BCUT2D eigenvalue weighted by Crippen LogP contribution is 2.12. The van der Waals surface area contributed by atoms with E-state index in [1.807, 2.05) is 13.1 Å². The summed E-state index contributed by atoms with van der Waals surface area (Å²) in [5.41, 5.74) is 1.23. The predicted octanol–water partition coefficient (Wildman–Crippen LogP) is 1.65. The largest absolute Gasteiger partial charge is 0.492 e. The van der Waals surface area contributed by atoms with Crippen molar-refractivity contribution in [2.75, 3.05) is 33.4 Å². The first-order valence-electron chi connectivity index (χ1n) is 6.13. The SMILES string of the molecule is CCOc1cncc(CCCNCCOC)c1. The highest BCUT2D eigenvalue weighted by atomic mass is 16.5. The van der Waals surface area contributed by atoms with Crippen molar-refractivity contribution in [3.8, 4) is 5.75 Å². The summed E-state index contributed by atoms with van der Waals surface area (Å²) in [5, 5.41) is 3.32. The highest BCUT2D eigenvalue weighted by Gasteiger charge is 1.97. The van der Waals surface area contributed by atoms with Crippen LogP contribution in [0.25, 0.3) is 0 Å². The van der Waals surface area contributed by atoms with Gasteiger partial charge in [0.1, 0.15) is 5.75 Å². The summed E-state index contributed by atoms with van der Waals surface area (Å²) in [6.07, 6.45) is 5.77. The first-order chi connectivity index (χ1) is 8.36. The molecule has 0 saturated carbocycles. The number of aromatic nitrogens is 1. The van der Waals surface area contributed by atoms with Gasteiger partial charge in [-0.25, -0.2) is 0 Å². The molecule has 1 heterocycles. The van der Waals surface area contributed by atoms with Crippen LogP contribution in [0, 0.1) is 0 Å². The molecule has 17 heavy (non-hydrogen) atoms. The molecule has 0 bridgehead atoms. The Morgan fingerprint density at radius 1 is 1.29 bits per heavy atom. The van der Waals surface area contributed by atoms with Gasteiger partial charge in [-0.2, -0.15) is 0 Å². The molecule has 4 nitrogen and oxygen atoms in total. The van der Waals surface area contributed by atoms with Gasteiger partial charge in [-0.1, -0.05) is 0 Å². The first-order valence-corrected chi connectivity index (χ1v) is 6.13. The summed E-state index contributed by atoms with van der Waals surface area (Å²) < 4.78 is 10.4. The Bertz CT molecular complexity index is 305. The molecule has 0 saturated heterocycles. The molecule has 1 aromatic rings. The van der Waals surface area contributed by atoms with E-state index in [1.165, 1.54) is 5.56 Å². The van der Waals surface area contributed by atoms with E-state index in [0.717, 1.165) is 38.3 Å². The minimum absolute atomic E-state index is 0.684. The third-order valence-electron chi connectivity index (χ3n) is 2.38. The molecule has 0 radical (unpaired) electrons. The van der Waals surface area contributed by atoms with Crippen molar-refractivity contribution in [2.24, 2.45) is 0 Å². The van der Waals surface area contributed by atoms with E-state index >= 15 is 0 Å². The Morgan fingerprint density at radius 2 is 2.18 bits per heavy atom. The molecule has 0 aliphatic heterocycles. The summed E-state index contributed by atoms with van der Waals surface area (Å²) >= 11 is 0. The standard InChI is InChI=1S/C13H22N2O2/c1-3-17-13-9-12(10-15-11-13)5-4-6-14-7-8-16-2/h9-11,14H,3-8H2,1-2H3. The van der Waals surface area contributed by atoms with E-state index in [4.69, 9.17) is 9.47 Å². The molecule has 0 aromatic carbocycles. The fourth-order valence-corrected chi connectivity index (χ4v) is 1.56. The topological polar surface area (TPSA) is 43.4 Å². The van der Waals surface area contributed by atoms with E-state index in [9.17, 15) is 0 Å². The Labute approximate surface area is 103 Å². The average Bonchev–Trinajstić information content (AvgIpc) is 2.35. The van der Waals surface area contributed by atoms with E-state index < -0.39 is 0 Å². The highest BCUT2D eigenvalue weighted by molar-refractivity contribution is 5.23. The van der Waals surface area contributed by atoms with Crippen molar-refractivity contribution in [2.45, 2.75) is 19.8 Å². The van der Waals surface area contributed by atoms with Crippen molar-refractivity contribution < 1.29 is 9.47 Å². The molecule has 0 atom stereocenters. The van der Waals surface area contributed by atoms with Crippen molar-refractivity contribution >= 4 is 0 Å². The maximum atomic E-state index is 5.41. The summed E-state index contributed by atoms with van der Waals surface area (Å²) in [7, 11) is 1.71. The van der Waals surface area contributed by atoms with Crippen LogP contribution >= 0.6 is 0 Å². The Hall–Kier alpha value is -1.13. The van der Waals surface area contributed by atoms with Crippen LogP contribution in [0.15, 0.2) is 18.5 Å². The minimum atomic E-state index is 0.684. The van der Waals surface area contributed by atoms with Crippen LogP contribution in [0.1, 0.15) is 18.9 Å². The van der Waals surface area contributed by atoms with Gasteiger partial charge in [0.15, 0.2) is 0 Å². The molecular formula is C13H22N2O2. The zero-order valence-corrected chi connectivity index (χ0v) is 10.7. The third kappa shape index (κ3) is 6.24. The summed E-state index contributed by atoms with van der Waals surface area (Å²) in [6.45, 7) is 5.34. The molecule has 0 fully saturated rings. The van der Waals surface area contributed by atoms with Gasteiger partial charge < -0.3 is 14.8 Å². The number of aryl methyl sites for hydroxylation is 1. The van der Waals surface area contributed by atoms with Crippen molar-refractivity contribution in [1.82, 2.24) is 10.3 Å². The van der Waals surface area contributed by atoms with Crippen molar-refractivity contribution in [1.29, 1.82) is 0 Å². The third-order valence-corrected chi connectivity index (χ3v) is 2.38. The molecule has 1 rings (SSSR count). The van der Waals surface area contributed by atoms with E-state index in [-0.39, 0.29) is 0 Å². The van der Waals surface area contributed by atoms with Gasteiger partial charge in [-0.15, -0.1) is 0 Å². The van der Waals surface area contributed by atoms with Gasteiger partial charge in [-0.05, 0) is 37.9 Å². The van der Waals surface area contributed by atoms with Crippen LogP contribution in [-0.2, 0) is 11.2 Å². The molecule has 0 spiro atoms. The quantitative estimate of drug-likeness (QED) is 0.664. The number of rotatable bonds is 9. The summed E-state index contributed by atoms with van der Waals surface area (Å²) in [4.78, 5) is 4.17. The number of nitrogens with zero attached hydrogens (tertiary/aromatic N) is 1. The van der Waals surface area contributed by atoms with Gasteiger partial charge in [0.25, 0.3) is 0 Å². The van der Waals surface area contributed by atoms with Gasteiger partial charge in [0.2, 0.25) is 0 Å². The van der Waals surface area contributed by atoms with E-state index in [1.54, 1.807) is 13.3 Å². The van der Waals surface area contributed by atoms with Crippen molar-refractivity contribution in [3.63, 3.8) is 0 Å². The smallest absolute Gasteiger partial charge is 0.137 e. The van der Waals surface area contributed by atoms with Crippen LogP contribution in [0.2, 0.25) is 0 Å². The second kappa shape index (κ2) is 8.96. The van der Waals surface area contributed by atoms with Gasteiger partial charge in [-0.3, -0.25) is 4.98 Å². The molecule has 1 aromatic heterocycles. The maximum Gasteiger partial charge on any atom is 0.137 e. The number of methoxy groups -OCH3 is 1. The van der Waals surface area contributed by atoms with Crippen LogP contribution < -0.4 is 10.1 Å². The zero-order valence-electron chi connectivity index (χ0n) is 10.7. The first kappa shape index (κ1) is 13.9. The molecule has 0 unspecified atom stereocenters. The Kier molecular flexibility index (Phi) is 7.34. The fourth-order valence-electron chi connectivity index (χ4n) is 1.56. The van der Waals surface area contributed by atoms with Gasteiger partial charge in [0.05, 0.1) is 19.4 Å². The summed E-state index contributed by atoms with van der Waals surface area (Å²) in [5.74, 6) is 0.859. The lowest BCUT2D eigenvalue weighted by Gasteiger charge is -2.06.